The lowest BCUT2D eigenvalue weighted by molar-refractivity contribution is -0.138. The molecular weight excluding hydrogens is 414 g/mol. The summed E-state index contributed by atoms with van der Waals surface area (Å²) in [6, 6.07) is 9.60. The molecule has 3 heterocycles. The van der Waals surface area contributed by atoms with Crippen molar-refractivity contribution in [2.24, 2.45) is 0 Å². The summed E-state index contributed by atoms with van der Waals surface area (Å²) in [4.78, 5) is 19.8. The Morgan fingerprint density at radius 3 is 1.90 bits per heavy atom. The lowest BCUT2D eigenvalue weighted by atomic mass is 10.0. The van der Waals surface area contributed by atoms with Crippen LogP contribution >= 0.6 is 0 Å². The van der Waals surface area contributed by atoms with Crippen LogP contribution in [-0.2, 0) is 15.0 Å². The minimum absolute atomic E-state index is 0.154. The number of nitrogens with zero attached hydrogens (tertiary/aromatic N) is 5. The third-order valence-corrected chi connectivity index (χ3v) is 8.81. The van der Waals surface area contributed by atoms with E-state index in [1.807, 2.05) is 42.3 Å². The van der Waals surface area contributed by atoms with Crippen LogP contribution in [0.3, 0.4) is 0 Å². The van der Waals surface area contributed by atoms with Gasteiger partial charge in [0.1, 0.15) is 6.04 Å². The number of carbonyl (C=O) groups is 1. The van der Waals surface area contributed by atoms with E-state index < -0.39 is 10.2 Å². The number of carbonyl (C=O) groups excluding carboxylic acids is 1. The van der Waals surface area contributed by atoms with Crippen molar-refractivity contribution >= 4 is 16.1 Å². The topological polar surface area (TPSA) is 67.4 Å². The molecule has 1 amide bonds. The molecule has 1 atom stereocenters. The van der Waals surface area contributed by atoms with Gasteiger partial charge in [-0.15, -0.1) is 0 Å². The van der Waals surface area contributed by atoms with Gasteiger partial charge in [0.05, 0.1) is 0 Å². The highest BCUT2D eigenvalue weighted by Crippen LogP contribution is 2.27. The minimum Gasteiger partial charge on any atom is -0.341 e. The van der Waals surface area contributed by atoms with Crippen molar-refractivity contribution < 1.29 is 13.2 Å². The van der Waals surface area contributed by atoms with Gasteiger partial charge in [-0.25, -0.2) is 0 Å². The molecule has 1 unspecified atom stereocenters. The molecule has 0 bridgehead atoms. The lowest BCUT2D eigenvalue weighted by Crippen LogP contribution is -2.57. The van der Waals surface area contributed by atoms with Crippen molar-refractivity contribution in [3.63, 3.8) is 0 Å². The Kier molecular flexibility index (Phi) is 7.28. The van der Waals surface area contributed by atoms with Crippen molar-refractivity contribution in [1.82, 2.24) is 23.3 Å². The Morgan fingerprint density at radius 1 is 0.774 bits per heavy atom. The summed E-state index contributed by atoms with van der Waals surface area (Å²) in [7, 11) is -1.43. The first-order chi connectivity index (χ1) is 15.0. The maximum atomic E-state index is 13.5. The van der Waals surface area contributed by atoms with Gasteiger partial charge in [-0.3, -0.25) is 9.69 Å². The molecule has 3 aliphatic rings. The van der Waals surface area contributed by atoms with Crippen molar-refractivity contribution in [2.75, 3.05) is 72.5 Å². The third-order valence-electron chi connectivity index (χ3n) is 6.77. The molecule has 4 rings (SSSR count). The van der Waals surface area contributed by atoms with Crippen molar-refractivity contribution in [2.45, 2.75) is 25.3 Å². The van der Waals surface area contributed by atoms with Crippen LogP contribution in [0.5, 0.6) is 0 Å². The molecule has 3 fully saturated rings. The molecule has 3 saturated heterocycles. The zero-order chi connectivity index (χ0) is 21.8. The first-order valence-electron chi connectivity index (χ1n) is 11.5. The summed E-state index contributed by atoms with van der Waals surface area (Å²) in [5.41, 5.74) is 0.994. The summed E-state index contributed by atoms with van der Waals surface area (Å²) in [5.74, 6) is 0.154. The number of piperidine rings is 1. The van der Waals surface area contributed by atoms with E-state index in [9.17, 15) is 13.2 Å². The van der Waals surface area contributed by atoms with Crippen LogP contribution in [0, 0.1) is 0 Å². The Hall–Kier alpha value is -1.52. The molecule has 3 aliphatic heterocycles. The Balaban J connectivity index is 1.45. The van der Waals surface area contributed by atoms with Gasteiger partial charge in [-0.2, -0.15) is 17.0 Å². The smallest absolute Gasteiger partial charge is 0.282 e. The van der Waals surface area contributed by atoms with E-state index in [1.54, 1.807) is 8.61 Å². The number of piperazine rings is 2. The van der Waals surface area contributed by atoms with E-state index in [4.69, 9.17) is 0 Å². The molecule has 0 aromatic heterocycles. The summed E-state index contributed by atoms with van der Waals surface area (Å²) >= 11 is 0. The molecule has 8 nitrogen and oxygen atoms in total. The van der Waals surface area contributed by atoms with Crippen molar-refractivity contribution in [1.29, 1.82) is 0 Å². The Bertz CT molecular complexity index is 828. The first-order valence-corrected chi connectivity index (χ1v) is 12.9. The van der Waals surface area contributed by atoms with Gasteiger partial charge in [-0.1, -0.05) is 30.3 Å². The van der Waals surface area contributed by atoms with Crippen LogP contribution in [0.2, 0.25) is 0 Å². The quantitative estimate of drug-likeness (QED) is 0.667. The van der Waals surface area contributed by atoms with E-state index in [1.165, 1.54) is 6.42 Å². The van der Waals surface area contributed by atoms with Gasteiger partial charge in [-0.05, 0) is 31.9 Å². The molecule has 0 aliphatic carbocycles. The largest absolute Gasteiger partial charge is 0.341 e. The fourth-order valence-corrected chi connectivity index (χ4v) is 6.38. The molecule has 0 radical (unpaired) electrons. The zero-order valence-corrected chi connectivity index (χ0v) is 19.3. The molecule has 0 N–H and O–H groups in total. The zero-order valence-electron chi connectivity index (χ0n) is 18.5. The molecule has 1 aromatic carbocycles. The predicted molar refractivity (Wildman–Crippen MR) is 121 cm³/mol. The molecule has 31 heavy (non-hydrogen) atoms. The molecule has 0 spiro atoms. The summed E-state index contributed by atoms with van der Waals surface area (Å²) in [6.07, 6.45) is 3.30. The van der Waals surface area contributed by atoms with E-state index in [2.05, 4.69) is 9.80 Å². The summed E-state index contributed by atoms with van der Waals surface area (Å²) in [5, 5.41) is 0. The van der Waals surface area contributed by atoms with Gasteiger partial charge in [0.2, 0.25) is 5.91 Å². The van der Waals surface area contributed by atoms with Crippen LogP contribution in [0.15, 0.2) is 30.3 Å². The summed E-state index contributed by atoms with van der Waals surface area (Å²) in [6.45, 7) is 6.21. The number of benzene rings is 1. The number of hydrogen-bond donors (Lipinski definition) is 0. The number of rotatable bonds is 5. The average Bonchev–Trinajstić information content (AvgIpc) is 2.81. The van der Waals surface area contributed by atoms with E-state index in [-0.39, 0.29) is 11.9 Å². The highest BCUT2D eigenvalue weighted by atomic mass is 32.2. The molecule has 1 aromatic rings. The maximum Gasteiger partial charge on any atom is 0.282 e. The highest BCUT2D eigenvalue weighted by molar-refractivity contribution is 7.86. The minimum atomic E-state index is -3.45. The average molecular weight is 450 g/mol. The van der Waals surface area contributed by atoms with Crippen LogP contribution in [0.1, 0.15) is 30.9 Å². The maximum absolute atomic E-state index is 13.5. The molecule has 172 valence electrons. The number of likely N-dealkylation sites (tertiary alicyclic amines) is 1. The third kappa shape index (κ3) is 5.12. The van der Waals surface area contributed by atoms with Crippen LogP contribution in [0.4, 0.5) is 0 Å². The van der Waals surface area contributed by atoms with Crippen molar-refractivity contribution in [3.8, 4) is 0 Å². The van der Waals surface area contributed by atoms with Crippen molar-refractivity contribution in [3.05, 3.63) is 35.9 Å². The fourth-order valence-electron chi connectivity index (χ4n) is 4.81. The summed E-state index contributed by atoms with van der Waals surface area (Å²) < 4.78 is 29.4. The Morgan fingerprint density at radius 2 is 1.32 bits per heavy atom. The van der Waals surface area contributed by atoms with Gasteiger partial charge >= 0.3 is 0 Å². The standard InChI is InChI=1S/C22H35N5O3S/c1-23-12-16-26(17-13-23)31(29,30)27-18-14-24(15-19-27)21(20-8-4-2-5-9-20)22(28)25-10-6-3-7-11-25/h2,4-5,8-9,21H,3,6-7,10-19H2,1H3. The van der Waals surface area contributed by atoms with Gasteiger partial charge in [0.25, 0.3) is 10.2 Å². The number of likely N-dealkylation sites (N-methyl/N-ethyl adjacent to an activating group) is 1. The lowest BCUT2D eigenvalue weighted by Gasteiger charge is -2.42. The van der Waals surface area contributed by atoms with E-state index >= 15 is 0 Å². The van der Waals surface area contributed by atoms with Crippen LogP contribution in [0.25, 0.3) is 0 Å². The monoisotopic (exact) mass is 449 g/mol. The second-order valence-electron chi connectivity index (χ2n) is 8.84. The van der Waals surface area contributed by atoms with E-state index in [0.29, 0.717) is 39.3 Å². The first kappa shape index (κ1) is 22.7. The molecular formula is C22H35N5O3S. The predicted octanol–water partition coefficient (Wildman–Crippen LogP) is 0.850. The SMILES string of the molecule is CN1CCN(S(=O)(=O)N2CCN(C(C(=O)N3CCCCC3)c3ccccc3)CC2)CC1. The van der Waals surface area contributed by atoms with Gasteiger partial charge in [0.15, 0.2) is 0 Å². The van der Waals surface area contributed by atoms with Gasteiger partial charge in [0, 0.05) is 65.4 Å². The second kappa shape index (κ2) is 9.95. The highest BCUT2D eigenvalue weighted by Gasteiger charge is 2.38. The van der Waals surface area contributed by atoms with Gasteiger partial charge < -0.3 is 9.80 Å². The van der Waals surface area contributed by atoms with Crippen LogP contribution in [-0.4, -0.2) is 110 Å². The van der Waals surface area contributed by atoms with E-state index in [0.717, 1.165) is 44.6 Å². The normalized spacial score (nSPS) is 24.2. The Labute approximate surface area is 186 Å². The molecule has 9 heteroatoms. The van der Waals surface area contributed by atoms with Crippen LogP contribution < -0.4 is 0 Å². The number of amides is 1. The second-order valence-corrected chi connectivity index (χ2v) is 10.8. The fraction of sp³-hybridized carbons (Fsp3) is 0.682. The molecule has 0 saturated carbocycles. The number of hydrogen-bond acceptors (Lipinski definition) is 5.